The van der Waals surface area contributed by atoms with Gasteiger partial charge in [-0.3, -0.25) is 0 Å². The third-order valence-corrected chi connectivity index (χ3v) is 17.2. The van der Waals surface area contributed by atoms with Crippen molar-refractivity contribution in [2.24, 2.45) is 0 Å². The Labute approximate surface area is 435 Å². The lowest BCUT2D eigenvalue weighted by Gasteiger charge is -2.36. The highest BCUT2D eigenvalue weighted by atomic mass is 16.3. The molecule has 0 bridgehead atoms. The molecule has 0 atom stereocenters. The first kappa shape index (κ1) is 42.5. The van der Waals surface area contributed by atoms with Crippen molar-refractivity contribution in [1.29, 1.82) is 0 Å². The summed E-state index contributed by atoms with van der Waals surface area (Å²) in [6, 6.07) is 78.2. The third kappa shape index (κ3) is 6.07. The van der Waals surface area contributed by atoms with Gasteiger partial charge < -0.3 is 19.1 Å². The molecule has 3 aliphatic rings. The van der Waals surface area contributed by atoms with Crippen LogP contribution in [0.5, 0.6) is 0 Å². The molecule has 2 aliphatic carbocycles. The maximum Gasteiger partial charge on any atom is 0.198 e. The third-order valence-electron chi connectivity index (χ3n) is 17.2. The highest BCUT2D eigenvalue weighted by molar-refractivity contribution is 6.74. The van der Waals surface area contributed by atoms with E-state index in [2.05, 4.69) is 250 Å². The van der Waals surface area contributed by atoms with Crippen molar-refractivity contribution in [2.75, 3.05) is 10.2 Å². The molecule has 3 heterocycles. The van der Waals surface area contributed by atoms with Gasteiger partial charge in [-0.15, -0.1) is 0 Å². The molecule has 0 spiro atoms. The minimum Gasteiger partial charge on any atom is -0.456 e. The molecular formula is C70H49BN2O2. The molecule has 1 aliphatic heterocycles. The molecule has 75 heavy (non-hydrogen) atoms. The van der Waals surface area contributed by atoms with Gasteiger partial charge in [0.1, 0.15) is 16.7 Å². The van der Waals surface area contributed by atoms with E-state index in [-0.39, 0.29) is 10.8 Å². The lowest BCUT2D eigenvalue weighted by Crippen LogP contribution is -2.41. The largest absolute Gasteiger partial charge is 0.456 e. The van der Waals surface area contributed by atoms with Crippen LogP contribution in [0.1, 0.15) is 49.9 Å². The topological polar surface area (TPSA) is 41.5 Å². The highest BCUT2D eigenvalue weighted by Gasteiger charge is 2.41. The molecule has 1 N–H and O–H groups in total. The zero-order valence-corrected chi connectivity index (χ0v) is 42.2. The Morgan fingerprint density at radius 1 is 0.413 bits per heavy atom. The average Bonchev–Trinajstić information content (AvgIpc) is 4.13. The summed E-state index contributed by atoms with van der Waals surface area (Å²) in [6.07, 6.45) is 0. The maximum absolute atomic E-state index is 7.23. The predicted octanol–water partition coefficient (Wildman–Crippen LogP) is 17.5. The van der Waals surface area contributed by atoms with Crippen LogP contribution in [-0.4, -0.2) is 7.28 Å². The Balaban J connectivity index is 0.998. The van der Waals surface area contributed by atoms with E-state index >= 15 is 0 Å². The molecular weight excluding hydrogens is 912 g/mol. The molecule has 0 amide bonds. The summed E-state index contributed by atoms with van der Waals surface area (Å²) in [7, 11) is 0.698. The van der Waals surface area contributed by atoms with Crippen molar-refractivity contribution in [1.82, 2.24) is 0 Å². The lowest BCUT2D eigenvalue weighted by atomic mass is 9.57. The number of nitrogens with zero attached hydrogens (tertiary/aromatic N) is 1. The summed E-state index contributed by atoms with van der Waals surface area (Å²) in [6.45, 7) is 9.50. The smallest absolute Gasteiger partial charge is 0.198 e. The van der Waals surface area contributed by atoms with Gasteiger partial charge in [-0.05, 0) is 138 Å². The molecule has 5 heteroatoms. The van der Waals surface area contributed by atoms with Crippen LogP contribution >= 0.6 is 0 Å². The van der Waals surface area contributed by atoms with Gasteiger partial charge in [0, 0.05) is 61.1 Å². The molecule has 16 rings (SSSR count). The fraction of sp³-hybridized carbons (Fsp3) is 0.0857. The molecule has 0 saturated heterocycles. The molecule has 0 saturated carbocycles. The van der Waals surface area contributed by atoms with Crippen LogP contribution < -0.4 is 21.1 Å². The van der Waals surface area contributed by atoms with Gasteiger partial charge in [0.15, 0.2) is 12.9 Å². The number of rotatable bonds is 5. The van der Waals surface area contributed by atoms with Gasteiger partial charge in [0.2, 0.25) is 0 Å². The van der Waals surface area contributed by atoms with E-state index < -0.39 is 0 Å². The summed E-state index contributed by atoms with van der Waals surface area (Å²) in [5, 5.41) is 10.6. The lowest BCUT2D eigenvalue weighted by molar-refractivity contribution is 0.660. The Kier molecular flexibility index (Phi) is 8.63. The van der Waals surface area contributed by atoms with Crippen molar-refractivity contribution in [3.63, 3.8) is 0 Å². The van der Waals surface area contributed by atoms with Crippen molar-refractivity contribution in [3.8, 4) is 44.5 Å². The van der Waals surface area contributed by atoms with Crippen LogP contribution in [0.3, 0.4) is 0 Å². The summed E-state index contributed by atoms with van der Waals surface area (Å²) in [4.78, 5) is 2.55. The SMILES string of the molecule is CC1(C)c2ccccc2-c2cc(N3c4cc5c(cc4Bc4c(-c6cc7c(cc6Nc6ccc(-c8ccccc8)cc6)oc6cc8ccccc8cc67)cc6c(oc7ccccc76)c43)C(C)(C)c3ccccc3-5)ccc21. The Hall–Kier alpha value is -9.06. The first-order valence-electron chi connectivity index (χ1n) is 26.3. The van der Waals surface area contributed by atoms with Gasteiger partial charge >= 0.3 is 0 Å². The number of hydrogen-bond donors (Lipinski definition) is 1. The normalized spacial score (nSPS) is 14.4. The van der Waals surface area contributed by atoms with Crippen LogP contribution in [0.15, 0.2) is 221 Å². The molecule has 11 aromatic carbocycles. The van der Waals surface area contributed by atoms with E-state index in [9.17, 15) is 0 Å². The highest BCUT2D eigenvalue weighted by Crippen LogP contribution is 2.55. The first-order chi connectivity index (χ1) is 36.7. The van der Waals surface area contributed by atoms with E-state index in [1.165, 1.54) is 77.6 Å². The quantitative estimate of drug-likeness (QED) is 0.175. The van der Waals surface area contributed by atoms with Gasteiger partial charge in [-0.2, -0.15) is 0 Å². The minimum atomic E-state index is -0.175. The first-order valence-corrected chi connectivity index (χ1v) is 26.3. The molecule has 4 nitrogen and oxygen atoms in total. The molecule has 0 fully saturated rings. The number of benzene rings is 11. The van der Waals surface area contributed by atoms with Crippen molar-refractivity contribution < 1.29 is 8.83 Å². The number of furan rings is 2. The molecule has 0 radical (unpaired) electrons. The Bertz CT molecular complexity index is 4600. The number of anilines is 5. The number of hydrogen-bond acceptors (Lipinski definition) is 4. The fourth-order valence-corrected chi connectivity index (χ4v) is 13.5. The second-order valence-electron chi connectivity index (χ2n) is 22.1. The Morgan fingerprint density at radius 3 is 1.81 bits per heavy atom. The summed E-state index contributed by atoms with van der Waals surface area (Å²) >= 11 is 0. The van der Waals surface area contributed by atoms with Gasteiger partial charge in [-0.1, -0.05) is 179 Å². The van der Waals surface area contributed by atoms with Crippen molar-refractivity contribution >= 4 is 101 Å². The predicted molar refractivity (Wildman–Crippen MR) is 315 cm³/mol. The minimum absolute atomic E-state index is 0.134. The zero-order valence-electron chi connectivity index (χ0n) is 42.2. The fourth-order valence-electron chi connectivity index (χ4n) is 13.5. The van der Waals surface area contributed by atoms with Crippen LogP contribution in [-0.2, 0) is 10.8 Å². The van der Waals surface area contributed by atoms with Crippen LogP contribution in [0.25, 0.3) is 99.2 Å². The van der Waals surface area contributed by atoms with Gasteiger partial charge in [0.25, 0.3) is 0 Å². The van der Waals surface area contributed by atoms with Crippen molar-refractivity contribution in [2.45, 2.75) is 38.5 Å². The van der Waals surface area contributed by atoms with E-state index in [0.717, 1.165) is 83.1 Å². The van der Waals surface area contributed by atoms with E-state index in [0.29, 0.717) is 7.28 Å². The number of nitrogens with one attached hydrogen (secondary N) is 1. The molecule has 13 aromatic rings. The van der Waals surface area contributed by atoms with Gasteiger partial charge in [0.05, 0.1) is 11.4 Å². The molecule has 354 valence electrons. The summed E-state index contributed by atoms with van der Waals surface area (Å²) < 4.78 is 14.1. The van der Waals surface area contributed by atoms with Crippen LogP contribution in [0.2, 0.25) is 0 Å². The zero-order chi connectivity index (χ0) is 49.9. The maximum atomic E-state index is 7.23. The van der Waals surface area contributed by atoms with E-state index in [4.69, 9.17) is 8.83 Å². The monoisotopic (exact) mass is 960 g/mol. The van der Waals surface area contributed by atoms with Crippen LogP contribution in [0, 0.1) is 0 Å². The molecule has 2 aromatic heterocycles. The average molecular weight is 961 g/mol. The van der Waals surface area contributed by atoms with E-state index in [1.807, 2.05) is 0 Å². The summed E-state index contributed by atoms with van der Waals surface area (Å²) in [5.74, 6) is 0. The Morgan fingerprint density at radius 2 is 1.03 bits per heavy atom. The van der Waals surface area contributed by atoms with Crippen molar-refractivity contribution in [3.05, 3.63) is 235 Å². The molecule has 0 unspecified atom stereocenters. The second-order valence-corrected chi connectivity index (χ2v) is 22.1. The summed E-state index contributed by atoms with van der Waals surface area (Å²) in [5.41, 5.74) is 26.2. The standard InChI is InChI=1S/C70H49BN2O2/c1-69(2)56-23-13-10-20-46(56)49-34-45(30-31-58(49)69)73-62-37-50-47-21-11-14-24-57(47)70(3,4)59(50)38-60(62)71-66-54(36-55-48-22-12-15-25-63(48)75-68(55)67(66)73)51-35-53-52-32-42-18-8-9-19-43(42)33-64(52)74-65(53)39-61(51)72-44-28-26-41(27-29-44)40-16-6-5-7-17-40/h5-39,71-72H,1-4H3. The van der Waals surface area contributed by atoms with Gasteiger partial charge in [-0.25, -0.2) is 0 Å². The van der Waals surface area contributed by atoms with E-state index in [1.54, 1.807) is 0 Å². The van der Waals surface area contributed by atoms with Crippen LogP contribution in [0.4, 0.5) is 28.4 Å². The number of para-hydroxylation sites is 1. The number of fused-ring (bicyclic) bond motifs is 16. The second kappa shape index (κ2) is 15.3.